The van der Waals surface area contributed by atoms with Crippen LogP contribution in [0.15, 0.2) is 36.7 Å². The average molecular weight is 445 g/mol. The van der Waals surface area contributed by atoms with Crippen LogP contribution in [0.3, 0.4) is 0 Å². The Hall–Kier alpha value is -3.27. The maximum absolute atomic E-state index is 13.2. The second-order valence-corrected chi connectivity index (χ2v) is 7.61. The summed E-state index contributed by atoms with van der Waals surface area (Å²) in [4.78, 5) is 18.6. The summed E-state index contributed by atoms with van der Waals surface area (Å²) in [5.74, 6) is -0.635. The highest BCUT2D eigenvalue weighted by atomic mass is 19.2. The van der Waals surface area contributed by atoms with E-state index in [1.165, 1.54) is 6.07 Å². The molecule has 1 saturated heterocycles. The predicted octanol–water partition coefficient (Wildman–Crippen LogP) is 2.80. The van der Waals surface area contributed by atoms with Crippen LogP contribution in [0, 0.1) is 18.6 Å². The topological polar surface area (TPSA) is 85.3 Å². The molecule has 1 aromatic carbocycles. The van der Waals surface area contributed by atoms with Gasteiger partial charge in [0.1, 0.15) is 17.7 Å². The van der Waals surface area contributed by atoms with Crippen molar-refractivity contribution >= 4 is 5.91 Å². The number of H-pyrrole nitrogens is 1. The number of hydrogen-bond donors (Lipinski definition) is 1. The zero-order valence-corrected chi connectivity index (χ0v) is 17.8. The second kappa shape index (κ2) is 9.90. The van der Waals surface area contributed by atoms with E-state index in [4.69, 9.17) is 9.47 Å². The molecule has 170 valence electrons. The molecule has 0 bridgehead atoms. The summed E-state index contributed by atoms with van der Waals surface area (Å²) >= 11 is 0. The average Bonchev–Trinajstić information content (AvgIpc) is 3.43. The van der Waals surface area contributed by atoms with Crippen LogP contribution in [0.1, 0.15) is 29.7 Å². The van der Waals surface area contributed by atoms with Crippen molar-refractivity contribution in [3.05, 3.63) is 65.5 Å². The van der Waals surface area contributed by atoms with Gasteiger partial charge in [-0.25, -0.2) is 13.8 Å². The van der Waals surface area contributed by atoms with Crippen molar-refractivity contribution in [3.8, 4) is 5.75 Å². The number of carbonyl (C=O) groups is 1. The van der Waals surface area contributed by atoms with Crippen LogP contribution in [-0.4, -0.2) is 56.9 Å². The number of rotatable bonds is 8. The summed E-state index contributed by atoms with van der Waals surface area (Å²) in [6.07, 6.45) is 4.19. The molecule has 0 aliphatic carbocycles. The van der Waals surface area contributed by atoms with Gasteiger partial charge in [0, 0.05) is 50.1 Å². The molecule has 2 aromatic heterocycles. The van der Waals surface area contributed by atoms with E-state index in [9.17, 15) is 13.6 Å². The number of aromatic amines is 1. The van der Waals surface area contributed by atoms with E-state index in [1.807, 2.05) is 23.8 Å². The van der Waals surface area contributed by atoms with Gasteiger partial charge >= 0.3 is 0 Å². The molecule has 3 heterocycles. The molecular weight excluding hydrogens is 420 g/mol. The van der Waals surface area contributed by atoms with Crippen LogP contribution < -0.4 is 4.74 Å². The number of imidazole rings is 1. The van der Waals surface area contributed by atoms with Crippen molar-refractivity contribution in [3.63, 3.8) is 0 Å². The molecule has 32 heavy (non-hydrogen) atoms. The zero-order valence-electron chi connectivity index (χ0n) is 17.8. The van der Waals surface area contributed by atoms with Gasteiger partial charge in [-0.05, 0) is 25.1 Å². The van der Waals surface area contributed by atoms with Crippen molar-refractivity contribution in [2.75, 3.05) is 26.3 Å². The number of morpholine rings is 1. The van der Waals surface area contributed by atoms with E-state index in [0.29, 0.717) is 39.1 Å². The molecule has 1 aliphatic heterocycles. The number of benzene rings is 1. The monoisotopic (exact) mass is 445 g/mol. The predicted molar refractivity (Wildman–Crippen MR) is 111 cm³/mol. The third kappa shape index (κ3) is 5.31. The molecular formula is C22H25F2N5O3. The summed E-state index contributed by atoms with van der Waals surface area (Å²) in [5, 5.41) is 7.26. The minimum absolute atomic E-state index is 0.0714. The van der Waals surface area contributed by atoms with E-state index >= 15 is 0 Å². The van der Waals surface area contributed by atoms with Crippen LogP contribution in [-0.2, 0) is 22.5 Å². The van der Waals surface area contributed by atoms with Crippen molar-refractivity contribution in [2.45, 2.75) is 32.4 Å². The summed E-state index contributed by atoms with van der Waals surface area (Å²) in [6.45, 7) is 4.22. The van der Waals surface area contributed by atoms with E-state index in [2.05, 4.69) is 15.2 Å². The van der Waals surface area contributed by atoms with Gasteiger partial charge in [-0.1, -0.05) is 0 Å². The maximum atomic E-state index is 13.2. The van der Waals surface area contributed by atoms with Gasteiger partial charge in [0.2, 0.25) is 5.91 Å². The smallest absolute Gasteiger partial charge is 0.224 e. The number of amides is 1. The lowest BCUT2D eigenvalue weighted by atomic mass is 10.1. The molecule has 10 heteroatoms. The Morgan fingerprint density at radius 1 is 1.31 bits per heavy atom. The number of aryl methyl sites for hydroxylation is 2. The molecule has 0 radical (unpaired) electrons. The number of nitrogens with one attached hydrogen (secondary N) is 1. The first-order chi connectivity index (χ1) is 15.5. The van der Waals surface area contributed by atoms with Crippen LogP contribution in [0.5, 0.6) is 5.75 Å². The van der Waals surface area contributed by atoms with Gasteiger partial charge in [-0.2, -0.15) is 5.10 Å². The highest BCUT2D eigenvalue weighted by Gasteiger charge is 2.27. The van der Waals surface area contributed by atoms with Gasteiger partial charge in [-0.3, -0.25) is 9.89 Å². The fraction of sp³-hybridized carbons (Fsp3) is 0.409. The first-order valence-electron chi connectivity index (χ1n) is 10.5. The van der Waals surface area contributed by atoms with Crippen molar-refractivity contribution < 1.29 is 23.0 Å². The Labute approximate surface area is 184 Å². The third-order valence-electron chi connectivity index (χ3n) is 5.42. The third-order valence-corrected chi connectivity index (χ3v) is 5.42. The normalized spacial score (nSPS) is 16.3. The SMILES string of the molecule is Cc1nccn1CCC(=O)N1CCO[C@@H](c2cc(CCOc3ccc(F)c(F)c3)[nH]n2)C1. The molecule has 1 amide bonds. The van der Waals surface area contributed by atoms with Crippen molar-refractivity contribution in [1.29, 1.82) is 0 Å². The number of halogens is 2. The molecule has 8 nitrogen and oxygen atoms in total. The quantitative estimate of drug-likeness (QED) is 0.576. The molecule has 1 atom stereocenters. The number of carbonyl (C=O) groups excluding carboxylic acids is 1. The molecule has 0 saturated carbocycles. The summed E-state index contributed by atoms with van der Waals surface area (Å²) in [6, 6.07) is 5.31. The van der Waals surface area contributed by atoms with Crippen LogP contribution >= 0.6 is 0 Å². The Bertz CT molecular complexity index is 1070. The lowest BCUT2D eigenvalue weighted by Gasteiger charge is -2.32. The Kier molecular flexibility index (Phi) is 6.79. The number of aromatic nitrogens is 4. The first kappa shape index (κ1) is 21.9. The van der Waals surface area contributed by atoms with Gasteiger partial charge in [0.15, 0.2) is 11.6 Å². The molecule has 4 rings (SSSR count). The van der Waals surface area contributed by atoms with Gasteiger partial charge in [0.25, 0.3) is 0 Å². The van der Waals surface area contributed by atoms with Crippen LogP contribution in [0.4, 0.5) is 8.78 Å². The standard InChI is InChI=1S/C22H25F2N5O3/c1-15-25-6-8-28(15)7-4-22(30)29-9-11-32-21(14-29)20-12-16(26-27-20)5-10-31-17-2-3-18(23)19(24)13-17/h2-3,6,8,12-13,21H,4-5,7,9-11,14H2,1H3,(H,26,27)/t21-/m1/s1. The van der Waals surface area contributed by atoms with E-state index in [-0.39, 0.29) is 24.4 Å². The summed E-state index contributed by atoms with van der Waals surface area (Å²) < 4.78 is 39.5. The van der Waals surface area contributed by atoms with Crippen molar-refractivity contribution in [2.24, 2.45) is 0 Å². The first-order valence-corrected chi connectivity index (χ1v) is 10.5. The minimum Gasteiger partial charge on any atom is -0.493 e. The van der Waals surface area contributed by atoms with Gasteiger partial charge in [-0.15, -0.1) is 0 Å². The fourth-order valence-corrected chi connectivity index (χ4v) is 3.59. The van der Waals surface area contributed by atoms with Crippen LogP contribution in [0.2, 0.25) is 0 Å². The number of nitrogens with zero attached hydrogens (tertiary/aromatic N) is 4. The largest absolute Gasteiger partial charge is 0.493 e. The van der Waals surface area contributed by atoms with Gasteiger partial charge in [0.05, 0.1) is 25.5 Å². The van der Waals surface area contributed by atoms with Crippen LogP contribution in [0.25, 0.3) is 0 Å². The second-order valence-electron chi connectivity index (χ2n) is 7.61. The lowest BCUT2D eigenvalue weighted by Crippen LogP contribution is -2.42. The zero-order chi connectivity index (χ0) is 22.5. The number of hydrogen-bond acceptors (Lipinski definition) is 5. The van der Waals surface area contributed by atoms with E-state index in [0.717, 1.165) is 29.3 Å². The fourth-order valence-electron chi connectivity index (χ4n) is 3.59. The Morgan fingerprint density at radius 3 is 2.97 bits per heavy atom. The van der Waals surface area contributed by atoms with Crippen molar-refractivity contribution in [1.82, 2.24) is 24.6 Å². The molecule has 1 fully saturated rings. The molecule has 1 aliphatic rings. The highest BCUT2D eigenvalue weighted by molar-refractivity contribution is 5.76. The summed E-state index contributed by atoms with van der Waals surface area (Å²) in [7, 11) is 0. The molecule has 0 spiro atoms. The Morgan fingerprint density at radius 2 is 2.19 bits per heavy atom. The molecule has 0 unspecified atom stereocenters. The minimum atomic E-state index is -0.944. The van der Waals surface area contributed by atoms with E-state index in [1.54, 1.807) is 11.1 Å². The highest BCUT2D eigenvalue weighted by Crippen LogP contribution is 2.22. The summed E-state index contributed by atoms with van der Waals surface area (Å²) in [5.41, 5.74) is 1.54. The van der Waals surface area contributed by atoms with Gasteiger partial charge < -0.3 is 18.9 Å². The van der Waals surface area contributed by atoms with E-state index < -0.39 is 11.6 Å². The Balaban J connectivity index is 1.27. The molecule has 3 aromatic rings. The lowest BCUT2D eigenvalue weighted by molar-refractivity contribution is -0.139. The molecule has 1 N–H and O–H groups in total. The number of ether oxygens (including phenoxy) is 2. The maximum Gasteiger partial charge on any atom is 0.224 e.